The second-order valence-corrected chi connectivity index (χ2v) is 5.22. The molecular weight excluding hydrogens is 316 g/mol. The molecule has 0 amide bonds. The van der Waals surface area contributed by atoms with E-state index in [9.17, 15) is 9.90 Å². The first kappa shape index (κ1) is 16.2. The molecule has 0 bridgehead atoms. The van der Waals surface area contributed by atoms with Gasteiger partial charge in [-0.15, -0.1) is 0 Å². The highest BCUT2D eigenvalue weighted by Gasteiger charge is 2.05. The number of pyridine rings is 1. The van der Waals surface area contributed by atoms with Crippen LogP contribution in [0.1, 0.15) is 21.6 Å². The van der Waals surface area contributed by atoms with Gasteiger partial charge in [0.05, 0.1) is 17.2 Å². The maximum absolute atomic E-state index is 11.4. The number of nitrogens with zero attached hydrogens (tertiary/aromatic N) is 2. The van der Waals surface area contributed by atoms with Gasteiger partial charge in [-0.05, 0) is 30.4 Å². The third-order valence-electron chi connectivity index (χ3n) is 3.60. The summed E-state index contributed by atoms with van der Waals surface area (Å²) in [5, 5.41) is 20.6. The quantitative estimate of drug-likeness (QED) is 0.718. The van der Waals surface area contributed by atoms with Gasteiger partial charge in [0.2, 0.25) is 0 Å². The van der Waals surface area contributed by atoms with Gasteiger partial charge in [0.25, 0.3) is 0 Å². The predicted octanol–water partition coefficient (Wildman–Crippen LogP) is 2.67. The highest BCUT2D eigenvalue weighted by atomic mass is 16.5. The fourth-order valence-corrected chi connectivity index (χ4v) is 2.49. The van der Waals surface area contributed by atoms with Gasteiger partial charge in [-0.25, -0.2) is 4.98 Å². The average molecular weight is 329 g/mol. The van der Waals surface area contributed by atoms with E-state index >= 15 is 0 Å². The van der Waals surface area contributed by atoms with Crippen molar-refractivity contribution in [1.29, 1.82) is 5.26 Å². The Morgan fingerprint density at radius 1 is 1.16 bits per heavy atom. The summed E-state index contributed by atoms with van der Waals surface area (Å²) in [4.78, 5) is 15.9. The molecule has 3 rings (SSSR count). The smallest absolute Gasteiger partial charge is 0.174 e. The lowest BCUT2D eigenvalue weighted by molar-refractivity contribution is -0.254. The van der Waals surface area contributed by atoms with Gasteiger partial charge in [0, 0.05) is 16.5 Å². The largest absolute Gasteiger partial charge is 0.545 e. The van der Waals surface area contributed by atoms with Crippen LogP contribution in [-0.4, -0.2) is 17.6 Å². The summed E-state index contributed by atoms with van der Waals surface area (Å²) in [5.74, 6) is -0.674. The number of aromatic carboxylic acids is 1. The van der Waals surface area contributed by atoms with E-state index in [0.717, 1.165) is 5.56 Å². The van der Waals surface area contributed by atoms with Crippen molar-refractivity contribution in [2.24, 2.45) is 0 Å². The zero-order chi connectivity index (χ0) is 17.6. The number of ether oxygens (including phenoxy) is 1. The highest BCUT2D eigenvalue weighted by molar-refractivity contribution is 6.02. The van der Waals surface area contributed by atoms with Crippen molar-refractivity contribution in [2.45, 2.75) is 0 Å². The number of benzene rings is 2. The molecule has 3 aromatic rings. The van der Waals surface area contributed by atoms with Gasteiger partial charge in [-0.2, -0.15) is 5.26 Å². The van der Waals surface area contributed by atoms with Crippen molar-refractivity contribution in [3.8, 4) is 11.8 Å². The Labute approximate surface area is 144 Å². The second kappa shape index (κ2) is 7.28. The zero-order valence-corrected chi connectivity index (χ0v) is 13.2. The van der Waals surface area contributed by atoms with Crippen LogP contribution in [0.4, 0.5) is 0 Å². The maximum atomic E-state index is 11.4. The minimum atomic E-state index is -1.24. The predicted molar refractivity (Wildman–Crippen MR) is 92.6 cm³/mol. The van der Waals surface area contributed by atoms with Crippen molar-refractivity contribution in [3.05, 3.63) is 71.4 Å². The number of aromatic nitrogens is 1. The standard InChI is InChI=1S/C20H14N2O3/c21-11-12-25-19-8-4-1-5-14(19)9-10-15-13-17(20(23)24)16-6-2-3-7-18(16)22-15/h1-10,13H,12H2,(H,23,24)/p-1/b10-9+. The third-order valence-corrected chi connectivity index (χ3v) is 3.60. The van der Waals surface area contributed by atoms with Crippen LogP contribution in [0.3, 0.4) is 0 Å². The molecule has 0 aliphatic rings. The van der Waals surface area contributed by atoms with Crippen molar-refractivity contribution >= 4 is 29.0 Å². The fourth-order valence-electron chi connectivity index (χ4n) is 2.49. The number of rotatable bonds is 5. The Balaban J connectivity index is 2.00. The van der Waals surface area contributed by atoms with E-state index in [4.69, 9.17) is 10.00 Å². The molecule has 25 heavy (non-hydrogen) atoms. The molecule has 5 heteroatoms. The lowest BCUT2D eigenvalue weighted by Gasteiger charge is -2.09. The van der Waals surface area contributed by atoms with Gasteiger partial charge >= 0.3 is 0 Å². The molecule has 122 valence electrons. The maximum Gasteiger partial charge on any atom is 0.174 e. The number of para-hydroxylation sites is 2. The van der Waals surface area contributed by atoms with Crippen LogP contribution in [0.15, 0.2) is 54.6 Å². The molecule has 1 aromatic heterocycles. The molecular formula is C20H13N2O3-. The number of carboxylic acids is 1. The van der Waals surface area contributed by atoms with Gasteiger partial charge in [-0.1, -0.05) is 36.4 Å². The van der Waals surface area contributed by atoms with E-state index in [0.29, 0.717) is 22.3 Å². The van der Waals surface area contributed by atoms with Gasteiger partial charge in [0.15, 0.2) is 6.61 Å². The molecule has 0 spiro atoms. The van der Waals surface area contributed by atoms with Crippen LogP contribution in [0.5, 0.6) is 5.75 Å². The van der Waals surface area contributed by atoms with Crippen molar-refractivity contribution < 1.29 is 14.6 Å². The van der Waals surface area contributed by atoms with Gasteiger partial charge in [0.1, 0.15) is 11.8 Å². The molecule has 1 heterocycles. The molecule has 0 aliphatic carbocycles. The third kappa shape index (κ3) is 3.65. The van der Waals surface area contributed by atoms with Crippen LogP contribution < -0.4 is 9.84 Å². The van der Waals surface area contributed by atoms with Gasteiger partial charge < -0.3 is 14.6 Å². The molecule has 0 unspecified atom stereocenters. The number of hydrogen-bond acceptors (Lipinski definition) is 5. The molecule has 0 atom stereocenters. The topological polar surface area (TPSA) is 86.0 Å². The molecule has 0 saturated heterocycles. The molecule has 5 nitrogen and oxygen atoms in total. The van der Waals surface area contributed by atoms with E-state index in [-0.39, 0.29) is 12.2 Å². The highest BCUT2D eigenvalue weighted by Crippen LogP contribution is 2.22. The minimum Gasteiger partial charge on any atom is -0.545 e. The summed E-state index contributed by atoms with van der Waals surface area (Å²) >= 11 is 0. The molecule has 0 saturated carbocycles. The lowest BCUT2D eigenvalue weighted by atomic mass is 10.1. The molecule has 0 radical (unpaired) electrons. The van der Waals surface area contributed by atoms with E-state index in [1.807, 2.05) is 24.3 Å². The monoisotopic (exact) mass is 329 g/mol. The number of carboxylic acid groups (broad SMARTS) is 1. The summed E-state index contributed by atoms with van der Waals surface area (Å²) in [5.41, 5.74) is 1.94. The summed E-state index contributed by atoms with van der Waals surface area (Å²) in [6.07, 6.45) is 3.47. The summed E-state index contributed by atoms with van der Waals surface area (Å²) < 4.78 is 5.37. The van der Waals surface area contributed by atoms with Crippen molar-refractivity contribution in [1.82, 2.24) is 4.98 Å². The number of fused-ring (bicyclic) bond motifs is 1. The van der Waals surface area contributed by atoms with E-state index in [1.165, 1.54) is 6.07 Å². The van der Waals surface area contributed by atoms with Crippen LogP contribution in [0.2, 0.25) is 0 Å². The molecule has 0 aliphatic heterocycles. The Morgan fingerprint density at radius 2 is 1.92 bits per heavy atom. The average Bonchev–Trinajstić information content (AvgIpc) is 2.64. The minimum absolute atomic E-state index is 0.0477. The summed E-state index contributed by atoms with van der Waals surface area (Å²) in [7, 11) is 0. The molecule has 0 fully saturated rings. The van der Waals surface area contributed by atoms with E-state index < -0.39 is 5.97 Å². The van der Waals surface area contributed by atoms with Crippen molar-refractivity contribution in [2.75, 3.05) is 6.61 Å². The molecule has 0 N–H and O–H groups in total. The normalized spacial score (nSPS) is 10.7. The fraction of sp³-hybridized carbons (Fsp3) is 0.0500. The number of carbonyl (C=O) groups is 1. The first-order valence-electron chi connectivity index (χ1n) is 7.57. The first-order chi connectivity index (χ1) is 12.2. The van der Waals surface area contributed by atoms with Crippen molar-refractivity contribution in [3.63, 3.8) is 0 Å². The Morgan fingerprint density at radius 3 is 2.72 bits per heavy atom. The summed E-state index contributed by atoms with van der Waals surface area (Å²) in [6.45, 7) is -0.0477. The number of hydrogen-bond donors (Lipinski definition) is 0. The van der Waals surface area contributed by atoms with E-state index in [2.05, 4.69) is 4.98 Å². The van der Waals surface area contributed by atoms with Crippen LogP contribution in [0.25, 0.3) is 23.1 Å². The number of carbonyl (C=O) groups excluding carboxylic acids is 1. The van der Waals surface area contributed by atoms with Crippen LogP contribution in [-0.2, 0) is 0 Å². The van der Waals surface area contributed by atoms with E-state index in [1.54, 1.807) is 42.5 Å². The zero-order valence-electron chi connectivity index (χ0n) is 13.2. The lowest BCUT2D eigenvalue weighted by Crippen LogP contribution is -2.22. The Kier molecular flexibility index (Phi) is 4.72. The number of nitriles is 1. The molecule has 2 aromatic carbocycles. The van der Waals surface area contributed by atoms with Crippen LogP contribution >= 0.6 is 0 Å². The summed E-state index contributed by atoms with van der Waals surface area (Å²) in [6, 6.07) is 17.7. The Bertz CT molecular complexity index is 1000. The van der Waals surface area contributed by atoms with Gasteiger partial charge in [-0.3, -0.25) is 0 Å². The first-order valence-corrected chi connectivity index (χ1v) is 7.57. The van der Waals surface area contributed by atoms with Crippen LogP contribution in [0, 0.1) is 11.3 Å². The SMILES string of the molecule is N#CCOc1ccccc1/C=C/c1cc(C(=O)[O-])c2ccccc2n1. The Hall–Kier alpha value is -3.65. The second-order valence-electron chi connectivity index (χ2n) is 5.22.